The Kier molecular flexibility index (Phi) is 5.49. The fraction of sp³-hybridized carbons (Fsp3) is 0.481. The van der Waals surface area contributed by atoms with Gasteiger partial charge in [0.05, 0.1) is 30.2 Å². The molecule has 2 spiro atoms. The molecule has 1 fully saturated rings. The molecule has 8 heteroatoms. The first-order chi connectivity index (χ1) is 16.6. The van der Waals surface area contributed by atoms with Crippen molar-refractivity contribution in [2.24, 2.45) is 28.0 Å². The molecule has 5 rings (SSSR count). The normalized spacial score (nSPS) is 32.7. The van der Waals surface area contributed by atoms with E-state index in [1.54, 1.807) is 13.2 Å². The number of nitrogens with two attached hydrogens (primary N) is 1. The van der Waals surface area contributed by atoms with E-state index in [-0.39, 0.29) is 17.5 Å². The number of hydrogen-bond acceptors (Lipinski definition) is 6. The fourth-order valence-electron chi connectivity index (χ4n) is 7.79. The van der Waals surface area contributed by atoms with Gasteiger partial charge in [0.1, 0.15) is 11.3 Å². The highest BCUT2D eigenvalue weighted by molar-refractivity contribution is 6.41. The summed E-state index contributed by atoms with van der Waals surface area (Å²) in [6.07, 6.45) is 3.13. The minimum atomic E-state index is -0.605. The Morgan fingerprint density at radius 1 is 1.09 bits per heavy atom. The Bertz CT molecular complexity index is 1240. The van der Waals surface area contributed by atoms with Gasteiger partial charge in [0.25, 0.3) is 6.02 Å². The number of ether oxygens (including phenoxy) is 3. The number of rotatable bonds is 3. The number of aliphatic imine (C=N–C) groups is 1. The molecule has 2 aromatic rings. The summed E-state index contributed by atoms with van der Waals surface area (Å²) < 4.78 is 17.6. The summed E-state index contributed by atoms with van der Waals surface area (Å²) in [5.74, 6) is 1.44. The number of benzene rings is 2. The van der Waals surface area contributed by atoms with Gasteiger partial charge >= 0.3 is 0 Å². The first kappa shape index (κ1) is 23.8. The molecule has 0 saturated heterocycles. The second kappa shape index (κ2) is 8.06. The molecule has 5 atom stereocenters. The van der Waals surface area contributed by atoms with E-state index in [2.05, 4.69) is 53.8 Å². The van der Waals surface area contributed by atoms with Crippen LogP contribution in [0.2, 0.25) is 0 Å². The Balaban J connectivity index is 1.71. The zero-order valence-electron chi connectivity index (χ0n) is 21.5. The quantitative estimate of drug-likeness (QED) is 0.698. The van der Waals surface area contributed by atoms with E-state index in [9.17, 15) is 5.26 Å². The van der Waals surface area contributed by atoms with Crippen molar-refractivity contribution < 1.29 is 14.2 Å². The van der Waals surface area contributed by atoms with Crippen LogP contribution in [0.25, 0.3) is 11.1 Å². The molecule has 1 unspecified atom stereocenters. The second-order valence-corrected chi connectivity index (χ2v) is 11.2. The summed E-state index contributed by atoms with van der Waals surface area (Å²) >= 11 is 0. The van der Waals surface area contributed by atoms with Crippen molar-refractivity contribution in [3.8, 4) is 22.9 Å². The van der Waals surface area contributed by atoms with Crippen LogP contribution in [0, 0.1) is 28.6 Å². The highest BCUT2D eigenvalue weighted by Gasteiger charge is 2.69. The first-order valence-corrected chi connectivity index (χ1v) is 12.4. The Morgan fingerprint density at radius 2 is 1.80 bits per heavy atom. The van der Waals surface area contributed by atoms with Crippen molar-refractivity contribution in [3.63, 3.8) is 0 Å². The van der Waals surface area contributed by atoms with Gasteiger partial charge in [-0.25, -0.2) is 4.99 Å². The maximum absolute atomic E-state index is 9.54. The summed E-state index contributed by atoms with van der Waals surface area (Å²) in [6.45, 7) is 4.59. The van der Waals surface area contributed by atoms with Crippen LogP contribution >= 0.6 is 0 Å². The maximum atomic E-state index is 9.54. The van der Waals surface area contributed by atoms with E-state index in [0.717, 1.165) is 30.4 Å². The lowest BCUT2D eigenvalue weighted by atomic mass is 9.43. The van der Waals surface area contributed by atoms with Crippen molar-refractivity contribution in [2.75, 3.05) is 14.2 Å². The fourth-order valence-corrected chi connectivity index (χ4v) is 7.79. The number of nitriles is 1. The van der Waals surface area contributed by atoms with Crippen molar-refractivity contribution >= 4 is 21.7 Å². The summed E-state index contributed by atoms with van der Waals surface area (Å²) in [5, 5.41) is 8.94. The molecule has 35 heavy (non-hydrogen) atoms. The third kappa shape index (κ3) is 3.31. The predicted molar refractivity (Wildman–Crippen MR) is 142 cm³/mol. The van der Waals surface area contributed by atoms with Gasteiger partial charge < -0.3 is 19.9 Å². The van der Waals surface area contributed by atoms with Gasteiger partial charge in [-0.1, -0.05) is 26.0 Å². The number of fused-ring (bicyclic) bond motifs is 3. The molecule has 0 amide bonds. The molecule has 2 aromatic carbocycles. The van der Waals surface area contributed by atoms with Crippen LogP contribution in [-0.2, 0) is 21.4 Å². The van der Waals surface area contributed by atoms with Gasteiger partial charge in [-0.05, 0) is 77.6 Å². The molecule has 1 saturated carbocycles. The summed E-state index contributed by atoms with van der Waals surface area (Å²) in [6, 6.07) is 14.8. The number of hydrogen-bond donors (Lipinski definition) is 1. The lowest BCUT2D eigenvalue weighted by molar-refractivity contribution is -0.0865. The van der Waals surface area contributed by atoms with Crippen molar-refractivity contribution in [1.82, 2.24) is 0 Å². The van der Waals surface area contributed by atoms with Gasteiger partial charge in [-0.3, -0.25) is 0 Å². The van der Waals surface area contributed by atoms with E-state index in [0.29, 0.717) is 23.1 Å². The molecule has 2 N–H and O–H groups in total. The molecule has 2 aliphatic carbocycles. The lowest BCUT2D eigenvalue weighted by Crippen LogP contribution is -2.61. The third-order valence-corrected chi connectivity index (χ3v) is 8.73. The average molecular weight is 469 g/mol. The molecule has 0 radical (unpaired) electrons. The summed E-state index contributed by atoms with van der Waals surface area (Å²) in [5.41, 5.74) is 10.6. The predicted octanol–water partition coefficient (Wildman–Crippen LogP) is 2.32. The number of amidine groups is 1. The molecule has 0 bridgehead atoms. The lowest BCUT2D eigenvalue weighted by Gasteiger charge is -2.55. The zero-order valence-corrected chi connectivity index (χ0v) is 21.5. The van der Waals surface area contributed by atoms with Gasteiger partial charge in [-0.15, -0.1) is 0 Å². The van der Waals surface area contributed by atoms with E-state index in [1.165, 1.54) is 11.1 Å². The smallest absolute Gasteiger partial charge is 0.282 e. The van der Waals surface area contributed by atoms with Crippen LogP contribution in [0.1, 0.15) is 43.4 Å². The van der Waals surface area contributed by atoms with Gasteiger partial charge in [0.2, 0.25) is 0 Å². The Labute approximate surface area is 209 Å². The monoisotopic (exact) mass is 469 g/mol. The van der Waals surface area contributed by atoms with E-state index in [4.69, 9.17) is 24.9 Å². The van der Waals surface area contributed by atoms with Crippen LogP contribution in [0.4, 0.5) is 0 Å². The van der Waals surface area contributed by atoms with Crippen LogP contribution in [0.5, 0.6) is 5.75 Å². The zero-order chi connectivity index (χ0) is 25.2. The van der Waals surface area contributed by atoms with E-state index in [1.807, 2.05) is 19.2 Å². The van der Waals surface area contributed by atoms with Crippen molar-refractivity contribution in [2.45, 2.75) is 50.2 Å². The standard InChI is InChI=1S/C27H33B2N3O3/c1-15-11-25(12-16(2)23(15)34-4)13-19-6-5-18(20-7-17(14-30)8-21(9-20)33-3)10-22(19)26(25)27(28,29)35-24(31)32-26/h5-10,15-16,23H,11-13,28-29H2,1-4H3,(H2,31,32)/t15-,16+,23+,25+,26?. The first-order valence-electron chi connectivity index (χ1n) is 12.4. The SMILES string of the molecule is BC1(B)OC(N)=NC12c1cc(-c3cc(C#N)cc(OC)c3)ccc1C[C@@]21C[C@@H](C)[C@H](OC)[C@@H](C)C1. The van der Waals surface area contributed by atoms with Crippen molar-refractivity contribution in [1.29, 1.82) is 5.26 Å². The van der Waals surface area contributed by atoms with Crippen LogP contribution < -0.4 is 10.5 Å². The van der Waals surface area contributed by atoms with Gasteiger partial charge in [0.15, 0.2) is 15.7 Å². The Morgan fingerprint density at radius 3 is 2.37 bits per heavy atom. The molecule has 1 aliphatic heterocycles. The molecule has 180 valence electrons. The van der Waals surface area contributed by atoms with Gasteiger partial charge in [0, 0.05) is 12.5 Å². The van der Waals surface area contributed by atoms with E-state index >= 15 is 0 Å². The molecule has 0 aromatic heterocycles. The van der Waals surface area contributed by atoms with E-state index < -0.39 is 10.9 Å². The number of methoxy groups -OCH3 is 2. The second-order valence-electron chi connectivity index (χ2n) is 11.2. The molecule has 6 nitrogen and oxygen atoms in total. The number of nitrogens with zero attached hydrogens (tertiary/aromatic N) is 2. The highest BCUT2D eigenvalue weighted by Crippen LogP contribution is 2.66. The molecular formula is C27H33B2N3O3. The minimum absolute atomic E-state index is 0.126. The summed E-state index contributed by atoms with van der Waals surface area (Å²) in [4.78, 5) is 5.17. The van der Waals surface area contributed by atoms with Crippen LogP contribution in [0.3, 0.4) is 0 Å². The topological polar surface area (TPSA) is 89.9 Å². The highest BCUT2D eigenvalue weighted by atomic mass is 16.5. The van der Waals surface area contributed by atoms with Crippen LogP contribution in [-0.4, -0.2) is 47.4 Å². The third-order valence-electron chi connectivity index (χ3n) is 8.73. The maximum Gasteiger partial charge on any atom is 0.282 e. The molecular weight excluding hydrogens is 436 g/mol. The Hall–Kier alpha value is -2.91. The largest absolute Gasteiger partial charge is 0.497 e. The van der Waals surface area contributed by atoms with Crippen molar-refractivity contribution in [3.05, 3.63) is 53.1 Å². The average Bonchev–Trinajstić information content (AvgIpc) is 3.22. The molecule has 1 heterocycles. The van der Waals surface area contributed by atoms with Gasteiger partial charge in [-0.2, -0.15) is 5.26 Å². The molecule has 3 aliphatic rings. The van der Waals surface area contributed by atoms with Crippen LogP contribution in [0.15, 0.2) is 41.4 Å². The minimum Gasteiger partial charge on any atom is -0.497 e. The summed E-state index contributed by atoms with van der Waals surface area (Å²) in [7, 11) is 7.69.